The Kier molecular flexibility index (Phi) is 18.3. The van der Waals surface area contributed by atoms with E-state index in [-0.39, 0.29) is 37.7 Å². The fraction of sp³-hybridized carbons (Fsp3) is 0.833. The van der Waals surface area contributed by atoms with Crippen molar-refractivity contribution in [3.63, 3.8) is 0 Å². The molecule has 14 nitrogen and oxygen atoms in total. The van der Waals surface area contributed by atoms with Gasteiger partial charge >= 0.3 is 49.7 Å². The molecule has 156 valence electrons. The van der Waals surface area contributed by atoms with Crippen molar-refractivity contribution in [3.8, 4) is 0 Å². The summed E-state index contributed by atoms with van der Waals surface area (Å²) in [5, 5.41) is 104. The molecule has 0 saturated heterocycles. The van der Waals surface area contributed by atoms with Gasteiger partial charge in [-0.2, -0.15) is 0 Å². The van der Waals surface area contributed by atoms with Crippen LogP contribution < -0.4 is 0 Å². The van der Waals surface area contributed by atoms with Crippen LogP contribution in [-0.4, -0.2) is 173 Å². The third kappa shape index (κ3) is 11.4. The number of aliphatic hydroxyl groups excluding tert-OH is 10. The van der Waals surface area contributed by atoms with E-state index in [1.54, 1.807) is 0 Å². The van der Waals surface area contributed by atoms with E-state index in [1.165, 1.54) is 0 Å². The molecule has 0 aliphatic carbocycles. The number of hydrogen-bond acceptors (Lipinski definition) is 12. The van der Waals surface area contributed by atoms with Crippen molar-refractivity contribution >= 4 is 49.7 Å². The van der Waals surface area contributed by atoms with E-state index in [0.717, 1.165) is 0 Å². The minimum atomic E-state index is -2.20. The maximum Gasteiger partial charge on any atom is 2.00 e. The standard InChI is InChI=1S/2C6H12O7.Ca/c2*7-1-2(8)3(9)4(10)5(11)6(12)13;/h2*2-5,7-11H,1H2,(H,12,13);/q;;+2. The molecule has 8 unspecified atom stereocenters. The third-order valence-corrected chi connectivity index (χ3v) is 3.02. The summed E-state index contributed by atoms with van der Waals surface area (Å²) in [6, 6.07) is 0. The van der Waals surface area contributed by atoms with Crippen molar-refractivity contribution in [3.05, 3.63) is 0 Å². The Labute approximate surface area is 182 Å². The monoisotopic (exact) mass is 432 g/mol. The van der Waals surface area contributed by atoms with Crippen LogP contribution in [0.5, 0.6) is 0 Å². The van der Waals surface area contributed by atoms with Gasteiger partial charge in [0.2, 0.25) is 0 Å². The molecule has 0 fully saturated rings. The fourth-order valence-electron chi connectivity index (χ4n) is 1.34. The number of carboxylic acid groups (broad SMARTS) is 2. The average molecular weight is 432 g/mol. The number of carboxylic acids is 2. The van der Waals surface area contributed by atoms with Gasteiger partial charge in [-0.05, 0) is 0 Å². The largest absolute Gasteiger partial charge is 2.00 e. The van der Waals surface area contributed by atoms with Gasteiger partial charge in [-0.3, -0.25) is 0 Å². The maximum absolute atomic E-state index is 10.1. The minimum absolute atomic E-state index is 0. The summed E-state index contributed by atoms with van der Waals surface area (Å²) in [4.78, 5) is 20.2. The molecular weight excluding hydrogens is 408 g/mol. The molecule has 0 aromatic heterocycles. The van der Waals surface area contributed by atoms with Crippen LogP contribution >= 0.6 is 0 Å². The topological polar surface area (TPSA) is 277 Å². The van der Waals surface area contributed by atoms with Crippen LogP contribution in [0.3, 0.4) is 0 Å². The molecule has 0 aromatic rings. The first kappa shape index (κ1) is 31.5. The van der Waals surface area contributed by atoms with Gasteiger partial charge < -0.3 is 61.3 Å². The molecule has 0 bridgehead atoms. The van der Waals surface area contributed by atoms with Crippen molar-refractivity contribution in [2.45, 2.75) is 48.8 Å². The van der Waals surface area contributed by atoms with Crippen molar-refractivity contribution < 1.29 is 70.9 Å². The summed E-state index contributed by atoms with van der Waals surface area (Å²) < 4.78 is 0. The first-order valence-corrected chi connectivity index (χ1v) is 6.95. The molecule has 0 heterocycles. The normalized spacial score (nSPS) is 19.6. The molecule has 0 amide bonds. The minimum Gasteiger partial charge on any atom is -0.479 e. The smallest absolute Gasteiger partial charge is 0.479 e. The Morgan fingerprint density at radius 2 is 0.778 bits per heavy atom. The number of aliphatic carboxylic acids is 2. The van der Waals surface area contributed by atoms with Crippen LogP contribution in [0, 0.1) is 0 Å². The molecule has 0 radical (unpaired) electrons. The Morgan fingerprint density at radius 1 is 0.556 bits per heavy atom. The number of rotatable bonds is 10. The summed E-state index contributed by atoms with van der Waals surface area (Å²) in [6.07, 6.45) is -15.7. The third-order valence-electron chi connectivity index (χ3n) is 3.02. The second-order valence-electron chi connectivity index (χ2n) is 5.03. The molecule has 0 aliphatic rings. The molecule has 12 N–H and O–H groups in total. The molecule has 0 rings (SSSR count). The number of hydrogen-bond donors (Lipinski definition) is 12. The van der Waals surface area contributed by atoms with Gasteiger partial charge in [0.1, 0.15) is 36.6 Å². The summed E-state index contributed by atoms with van der Waals surface area (Å²) in [5.74, 6) is -3.45. The Morgan fingerprint density at radius 3 is 0.926 bits per heavy atom. The van der Waals surface area contributed by atoms with Crippen LogP contribution in [0.4, 0.5) is 0 Å². The van der Waals surface area contributed by atoms with Gasteiger partial charge in [0.05, 0.1) is 13.2 Å². The Balaban J connectivity index is -0.000000411. The van der Waals surface area contributed by atoms with Crippen molar-refractivity contribution in [2.24, 2.45) is 0 Å². The molecule has 27 heavy (non-hydrogen) atoms. The van der Waals surface area contributed by atoms with Gasteiger partial charge in [0.25, 0.3) is 0 Å². The molecule has 8 atom stereocenters. The van der Waals surface area contributed by atoms with E-state index in [4.69, 9.17) is 61.3 Å². The van der Waals surface area contributed by atoms with Gasteiger partial charge in [-0.15, -0.1) is 0 Å². The van der Waals surface area contributed by atoms with E-state index in [2.05, 4.69) is 0 Å². The quantitative estimate of drug-likeness (QED) is 0.143. The Hall–Kier alpha value is -0.200. The first-order valence-electron chi connectivity index (χ1n) is 6.95. The second kappa shape index (κ2) is 15.7. The molecule has 0 spiro atoms. The molecule has 0 aromatic carbocycles. The Bertz CT molecular complexity index is 385. The summed E-state index contributed by atoms with van der Waals surface area (Å²) in [6.45, 7) is -1.69. The second-order valence-corrected chi connectivity index (χ2v) is 5.03. The van der Waals surface area contributed by atoms with E-state index in [0.29, 0.717) is 0 Å². The zero-order valence-electron chi connectivity index (χ0n) is 13.9. The van der Waals surface area contributed by atoms with Gasteiger partial charge in [-0.1, -0.05) is 0 Å². The zero-order valence-corrected chi connectivity index (χ0v) is 16.1. The molecule has 15 heteroatoms. The van der Waals surface area contributed by atoms with Gasteiger partial charge in [0, 0.05) is 0 Å². The zero-order chi connectivity index (χ0) is 21.2. The van der Waals surface area contributed by atoms with Crippen LogP contribution in [-0.2, 0) is 9.59 Å². The SMILES string of the molecule is O=C(O)C(O)C(O)C(O)C(O)CO.O=C(O)C(O)C(O)C(O)C(O)CO.[Ca+2]. The number of aliphatic hydroxyl groups is 10. The predicted molar refractivity (Wildman–Crippen MR) is 83.3 cm³/mol. The van der Waals surface area contributed by atoms with Crippen molar-refractivity contribution in [1.29, 1.82) is 0 Å². The summed E-state index contributed by atoms with van der Waals surface area (Å²) in [5.41, 5.74) is 0. The molecule has 0 saturated carbocycles. The van der Waals surface area contributed by atoms with E-state index < -0.39 is 74.0 Å². The van der Waals surface area contributed by atoms with Crippen LogP contribution in [0.1, 0.15) is 0 Å². The van der Waals surface area contributed by atoms with Crippen molar-refractivity contribution in [2.75, 3.05) is 13.2 Å². The van der Waals surface area contributed by atoms with Crippen LogP contribution in [0.25, 0.3) is 0 Å². The van der Waals surface area contributed by atoms with Crippen LogP contribution in [0.15, 0.2) is 0 Å². The van der Waals surface area contributed by atoms with E-state index in [9.17, 15) is 9.59 Å². The first-order chi connectivity index (χ1) is 11.8. The number of carbonyl (C=O) groups is 2. The van der Waals surface area contributed by atoms with Crippen LogP contribution in [0.2, 0.25) is 0 Å². The molecule has 0 aliphatic heterocycles. The average Bonchev–Trinajstić information content (AvgIpc) is 2.62. The predicted octanol–water partition coefficient (Wildman–Crippen LogP) is -7.37. The maximum atomic E-state index is 10.1. The fourth-order valence-corrected chi connectivity index (χ4v) is 1.34. The van der Waals surface area contributed by atoms with Gasteiger partial charge in [-0.25, -0.2) is 9.59 Å². The molecular formula is C12H24CaO14+2. The summed E-state index contributed by atoms with van der Waals surface area (Å²) >= 11 is 0. The van der Waals surface area contributed by atoms with E-state index >= 15 is 0 Å². The van der Waals surface area contributed by atoms with E-state index in [1.807, 2.05) is 0 Å². The van der Waals surface area contributed by atoms with Crippen molar-refractivity contribution in [1.82, 2.24) is 0 Å². The summed E-state index contributed by atoms with van der Waals surface area (Å²) in [7, 11) is 0. The van der Waals surface area contributed by atoms with Gasteiger partial charge in [0.15, 0.2) is 12.2 Å².